The highest BCUT2D eigenvalue weighted by molar-refractivity contribution is 5.85. The molecule has 4 nitrogen and oxygen atoms in total. The number of hydrogen-bond acceptors (Lipinski definition) is 3. The Labute approximate surface area is 136 Å². The largest absolute Gasteiger partial charge is 0.353 e. The minimum absolute atomic E-state index is 0. The average molecular weight is 328 g/mol. The van der Waals surface area contributed by atoms with Gasteiger partial charge in [-0.2, -0.15) is 0 Å². The van der Waals surface area contributed by atoms with Crippen LogP contribution in [0.25, 0.3) is 0 Å². The van der Waals surface area contributed by atoms with Crippen molar-refractivity contribution in [2.75, 3.05) is 19.6 Å². The Morgan fingerprint density at radius 2 is 1.80 bits per heavy atom. The van der Waals surface area contributed by atoms with Crippen molar-refractivity contribution >= 4 is 30.7 Å². The normalized spacial score (nSPS) is 18.6. The maximum atomic E-state index is 11.9. The summed E-state index contributed by atoms with van der Waals surface area (Å²) in [5, 5.41) is 6.33. The molecule has 1 aliphatic rings. The fourth-order valence-corrected chi connectivity index (χ4v) is 2.62. The first kappa shape index (κ1) is 22.3. The highest BCUT2D eigenvalue weighted by atomic mass is 35.5. The molecule has 0 aliphatic carbocycles. The molecule has 0 aromatic carbocycles. The minimum atomic E-state index is 0. The van der Waals surface area contributed by atoms with Gasteiger partial charge < -0.3 is 10.6 Å². The van der Waals surface area contributed by atoms with Gasteiger partial charge in [-0.3, -0.25) is 9.69 Å². The van der Waals surface area contributed by atoms with Crippen LogP contribution in [0.5, 0.6) is 0 Å². The molecule has 0 aromatic rings. The molecular weight excluding hydrogens is 297 g/mol. The standard InChI is InChI=1S/C14H29N3O.2ClH/c1-11(2)17(12(3)4)10-9-16-14(18)13-7-5-6-8-15-13;;/h11-13,15H,5-10H2,1-4H3,(H,16,18);2*1H/t13-;;/m0../s1. The number of rotatable bonds is 6. The van der Waals surface area contributed by atoms with Gasteiger partial charge in [0.1, 0.15) is 0 Å². The summed E-state index contributed by atoms with van der Waals surface area (Å²) in [5.41, 5.74) is 0. The average Bonchev–Trinajstić information content (AvgIpc) is 2.34. The lowest BCUT2D eigenvalue weighted by Gasteiger charge is -2.31. The predicted octanol–water partition coefficient (Wildman–Crippen LogP) is 2.21. The molecule has 6 heteroatoms. The van der Waals surface area contributed by atoms with E-state index in [1.165, 1.54) is 6.42 Å². The molecule has 1 atom stereocenters. The van der Waals surface area contributed by atoms with Crippen LogP contribution in [0.15, 0.2) is 0 Å². The molecule has 2 N–H and O–H groups in total. The van der Waals surface area contributed by atoms with Gasteiger partial charge >= 0.3 is 0 Å². The van der Waals surface area contributed by atoms with Crippen LogP contribution in [0.3, 0.4) is 0 Å². The number of nitrogens with zero attached hydrogens (tertiary/aromatic N) is 1. The van der Waals surface area contributed by atoms with Crippen molar-refractivity contribution in [3.05, 3.63) is 0 Å². The second kappa shape index (κ2) is 11.6. The van der Waals surface area contributed by atoms with E-state index in [1.54, 1.807) is 0 Å². The second-order valence-electron chi connectivity index (χ2n) is 5.72. The van der Waals surface area contributed by atoms with Crippen molar-refractivity contribution in [1.82, 2.24) is 15.5 Å². The van der Waals surface area contributed by atoms with E-state index in [9.17, 15) is 4.79 Å². The summed E-state index contributed by atoms with van der Waals surface area (Å²) < 4.78 is 0. The summed E-state index contributed by atoms with van der Waals surface area (Å²) >= 11 is 0. The maximum absolute atomic E-state index is 11.9. The van der Waals surface area contributed by atoms with E-state index in [0.29, 0.717) is 12.1 Å². The molecule has 0 unspecified atom stereocenters. The molecule has 0 radical (unpaired) electrons. The van der Waals surface area contributed by atoms with Crippen LogP contribution in [0.1, 0.15) is 47.0 Å². The molecule has 1 amide bonds. The molecular formula is C14H31Cl2N3O. The number of carbonyl (C=O) groups is 1. The van der Waals surface area contributed by atoms with Gasteiger partial charge in [-0.25, -0.2) is 0 Å². The van der Waals surface area contributed by atoms with Gasteiger partial charge in [0.25, 0.3) is 0 Å². The summed E-state index contributed by atoms with van der Waals surface area (Å²) in [6.07, 6.45) is 3.33. The van der Waals surface area contributed by atoms with Gasteiger partial charge in [-0.15, -0.1) is 24.8 Å². The van der Waals surface area contributed by atoms with Crippen LogP contribution in [0.4, 0.5) is 0 Å². The molecule has 1 heterocycles. The molecule has 20 heavy (non-hydrogen) atoms. The predicted molar refractivity (Wildman–Crippen MR) is 90.1 cm³/mol. The lowest BCUT2D eigenvalue weighted by Crippen LogP contribution is -2.49. The third-order valence-corrected chi connectivity index (χ3v) is 3.62. The lowest BCUT2D eigenvalue weighted by atomic mass is 10.0. The Kier molecular flexibility index (Phi) is 12.9. The lowest BCUT2D eigenvalue weighted by molar-refractivity contribution is -0.123. The van der Waals surface area contributed by atoms with Crippen molar-refractivity contribution < 1.29 is 4.79 Å². The smallest absolute Gasteiger partial charge is 0.237 e. The van der Waals surface area contributed by atoms with Crippen LogP contribution in [0.2, 0.25) is 0 Å². The number of hydrogen-bond donors (Lipinski definition) is 2. The highest BCUT2D eigenvalue weighted by Crippen LogP contribution is 2.07. The first-order valence-electron chi connectivity index (χ1n) is 7.29. The molecule has 1 aliphatic heterocycles. The Bertz CT molecular complexity index is 249. The summed E-state index contributed by atoms with van der Waals surface area (Å²) in [4.78, 5) is 14.3. The van der Waals surface area contributed by atoms with Crippen molar-refractivity contribution in [3.8, 4) is 0 Å². The molecule has 1 fully saturated rings. The first-order chi connectivity index (χ1) is 8.52. The van der Waals surface area contributed by atoms with Crippen molar-refractivity contribution in [3.63, 3.8) is 0 Å². The summed E-state index contributed by atoms with van der Waals surface area (Å²) in [7, 11) is 0. The zero-order valence-corrected chi connectivity index (χ0v) is 14.8. The third kappa shape index (κ3) is 7.67. The van der Waals surface area contributed by atoms with Crippen molar-refractivity contribution in [2.24, 2.45) is 0 Å². The number of amides is 1. The molecule has 1 rings (SSSR count). The topological polar surface area (TPSA) is 44.4 Å². The second-order valence-corrected chi connectivity index (χ2v) is 5.72. The van der Waals surface area contributed by atoms with E-state index in [-0.39, 0.29) is 36.8 Å². The SMILES string of the molecule is CC(C)N(CCNC(=O)[C@@H]1CCCCN1)C(C)C.Cl.Cl. The van der Waals surface area contributed by atoms with Crippen LogP contribution in [-0.4, -0.2) is 48.6 Å². The van der Waals surface area contributed by atoms with E-state index in [0.717, 1.165) is 32.5 Å². The molecule has 0 saturated carbocycles. The van der Waals surface area contributed by atoms with Crippen LogP contribution < -0.4 is 10.6 Å². The van der Waals surface area contributed by atoms with Crippen LogP contribution >= 0.6 is 24.8 Å². The van der Waals surface area contributed by atoms with Crippen molar-refractivity contribution in [1.29, 1.82) is 0 Å². The number of carbonyl (C=O) groups excluding carboxylic acids is 1. The molecule has 0 aromatic heterocycles. The van der Waals surface area contributed by atoms with E-state index >= 15 is 0 Å². The number of piperidine rings is 1. The molecule has 0 bridgehead atoms. The van der Waals surface area contributed by atoms with Gasteiger partial charge in [0.15, 0.2) is 0 Å². The van der Waals surface area contributed by atoms with Gasteiger partial charge in [0.2, 0.25) is 5.91 Å². The highest BCUT2D eigenvalue weighted by Gasteiger charge is 2.20. The molecule has 122 valence electrons. The summed E-state index contributed by atoms with van der Waals surface area (Å²) in [6, 6.07) is 1.08. The van der Waals surface area contributed by atoms with E-state index in [4.69, 9.17) is 0 Å². The quantitative estimate of drug-likeness (QED) is 0.786. The van der Waals surface area contributed by atoms with Gasteiger partial charge in [-0.1, -0.05) is 6.42 Å². The monoisotopic (exact) mass is 327 g/mol. The number of halogens is 2. The van der Waals surface area contributed by atoms with Crippen molar-refractivity contribution in [2.45, 2.75) is 65.1 Å². The first-order valence-corrected chi connectivity index (χ1v) is 7.29. The minimum Gasteiger partial charge on any atom is -0.353 e. The van der Waals surface area contributed by atoms with Gasteiger partial charge in [0, 0.05) is 25.2 Å². The van der Waals surface area contributed by atoms with E-state index < -0.39 is 0 Å². The van der Waals surface area contributed by atoms with E-state index in [1.807, 2.05) is 0 Å². The summed E-state index contributed by atoms with van der Waals surface area (Å²) in [6.45, 7) is 11.4. The van der Waals surface area contributed by atoms with Gasteiger partial charge in [-0.05, 0) is 47.1 Å². The van der Waals surface area contributed by atoms with Gasteiger partial charge in [0.05, 0.1) is 6.04 Å². The number of nitrogens with one attached hydrogen (secondary N) is 2. The Morgan fingerprint density at radius 1 is 1.20 bits per heavy atom. The Balaban J connectivity index is 0. The zero-order valence-electron chi connectivity index (χ0n) is 13.1. The van der Waals surface area contributed by atoms with Crippen LogP contribution in [0, 0.1) is 0 Å². The third-order valence-electron chi connectivity index (χ3n) is 3.62. The zero-order chi connectivity index (χ0) is 13.5. The van der Waals surface area contributed by atoms with Crippen LogP contribution in [-0.2, 0) is 4.79 Å². The fourth-order valence-electron chi connectivity index (χ4n) is 2.62. The van der Waals surface area contributed by atoms with E-state index in [2.05, 4.69) is 43.2 Å². The molecule has 1 saturated heterocycles. The Morgan fingerprint density at radius 3 is 2.25 bits per heavy atom. The fraction of sp³-hybridized carbons (Fsp3) is 0.929. The molecule has 0 spiro atoms. The Hall–Kier alpha value is -0.0300. The maximum Gasteiger partial charge on any atom is 0.237 e. The summed E-state index contributed by atoms with van der Waals surface area (Å²) in [5.74, 6) is 0.169.